The zero-order chi connectivity index (χ0) is 15.5. The molecule has 0 unspecified atom stereocenters. The summed E-state index contributed by atoms with van der Waals surface area (Å²) in [7, 11) is 0. The van der Waals surface area contributed by atoms with Gasteiger partial charge in [-0.15, -0.1) is 0 Å². The smallest absolute Gasteiger partial charge is 0.416 e. The van der Waals surface area contributed by atoms with Gasteiger partial charge in [0, 0.05) is 5.56 Å². The molecule has 0 aliphatic heterocycles. The Morgan fingerprint density at radius 3 is 2.10 bits per heavy atom. The Morgan fingerprint density at radius 1 is 0.952 bits per heavy atom. The number of carbonyl (C=O) groups is 2. The maximum atomic E-state index is 12.4. The molecule has 1 heterocycles. The summed E-state index contributed by atoms with van der Waals surface area (Å²) in [6, 6.07) is 6.47. The van der Waals surface area contributed by atoms with Gasteiger partial charge in [0.2, 0.25) is 0 Å². The molecule has 0 radical (unpaired) electrons. The largest absolute Gasteiger partial charge is 0.459 e. The minimum Gasteiger partial charge on any atom is -0.459 e. The van der Waals surface area contributed by atoms with Gasteiger partial charge in [0.25, 0.3) is 5.91 Å². The molecule has 0 aliphatic carbocycles. The van der Waals surface area contributed by atoms with Crippen molar-refractivity contribution in [3.8, 4) is 0 Å². The monoisotopic (exact) mass is 298 g/mol. The Morgan fingerprint density at radius 2 is 1.57 bits per heavy atom. The van der Waals surface area contributed by atoms with Crippen molar-refractivity contribution >= 4 is 11.8 Å². The molecule has 2 aromatic rings. The van der Waals surface area contributed by atoms with Gasteiger partial charge in [-0.2, -0.15) is 13.2 Å². The van der Waals surface area contributed by atoms with Crippen molar-refractivity contribution < 1.29 is 27.2 Å². The Balaban J connectivity index is 1.96. The van der Waals surface area contributed by atoms with Crippen molar-refractivity contribution in [2.45, 2.75) is 6.18 Å². The summed E-state index contributed by atoms with van der Waals surface area (Å²) in [5.74, 6) is -1.44. The van der Waals surface area contributed by atoms with Crippen LogP contribution in [0.3, 0.4) is 0 Å². The van der Waals surface area contributed by atoms with Crippen LogP contribution in [-0.4, -0.2) is 11.8 Å². The fourth-order valence-electron chi connectivity index (χ4n) is 1.47. The molecule has 110 valence electrons. The molecule has 2 N–H and O–H groups in total. The lowest BCUT2D eigenvalue weighted by molar-refractivity contribution is -0.137. The molecule has 1 aromatic heterocycles. The molecule has 21 heavy (non-hydrogen) atoms. The molecule has 0 saturated heterocycles. The van der Waals surface area contributed by atoms with Crippen molar-refractivity contribution in [3.05, 3.63) is 59.5 Å². The average Bonchev–Trinajstić information content (AvgIpc) is 2.98. The van der Waals surface area contributed by atoms with Crippen LogP contribution in [0.25, 0.3) is 0 Å². The van der Waals surface area contributed by atoms with Gasteiger partial charge in [-0.1, -0.05) is 0 Å². The standard InChI is InChI=1S/C13H9F3N2O3/c14-13(15,16)9-5-3-8(4-6-9)11(19)17-18-12(20)10-2-1-7-21-10/h1-7H,(H,17,19)(H,18,20). The van der Waals surface area contributed by atoms with E-state index >= 15 is 0 Å². The Hall–Kier alpha value is -2.77. The van der Waals surface area contributed by atoms with Crippen LogP contribution in [-0.2, 0) is 6.18 Å². The second kappa shape index (κ2) is 5.70. The molecule has 0 fully saturated rings. The summed E-state index contributed by atoms with van der Waals surface area (Å²) < 4.78 is 41.9. The van der Waals surface area contributed by atoms with Gasteiger partial charge in [-0.3, -0.25) is 20.4 Å². The molecule has 0 bridgehead atoms. The third-order valence-electron chi connectivity index (χ3n) is 2.51. The van der Waals surface area contributed by atoms with Crippen molar-refractivity contribution in [3.63, 3.8) is 0 Å². The second-order valence-corrected chi connectivity index (χ2v) is 3.96. The van der Waals surface area contributed by atoms with Crippen molar-refractivity contribution in [1.29, 1.82) is 0 Å². The molecule has 2 rings (SSSR count). The van der Waals surface area contributed by atoms with Gasteiger partial charge in [-0.05, 0) is 36.4 Å². The van der Waals surface area contributed by atoms with Crippen LogP contribution in [0.1, 0.15) is 26.5 Å². The highest BCUT2D eigenvalue weighted by atomic mass is 19.4. The van der Waals surface area contributed by atoms with Crippen LogP contribution in [0, 0.1) is 0 Å². The minimum absolute atomic E-state index is 0.0114. The Bertz CT molecular complexity index is 634. The van der Waals surface area contributed by atoms with E-state index in [1.54, 1.807) is 0 Å². The van der Waals surface area contributed by atoms with E-state index in [2.05, 4.69) is 10.9 Å². The van der Waals surface area contributed by atoms with E-state index in [-0.39, 0.29) is 11.3 Å². The lowest BCUT2D eigenvalue weighted by Gasteiger charge is -2.08. The third-order valence-corrected chi connectivity index (χ3v) is 2.51. The van der Waals surface area contributed by atoms with Crippen LogP contribution >= 0.6 is 0 Å². The first-order valence-electron chi connectivity index (χ1n) is 5.69. The van der Waals surface area contributed by atoms with Crippen LogP contribution < -0.4 is 10.9 Å². The lowest BCUT2D eigenvalue weighted by atomic mass is 10.1. The Labute approximate surface area is 116 Å². The third kappa shape index (κ3) is 3.62. The molecular formula is C13H9F3N2O3. The van der Waals surface area contributed by atoms with Crippen LogP contribution in [0.2, 0.25) is 0 Å². The number of hydrogen-bond donors (Lipinski definition) is 2. The maximum Gasteiger partial charge on any atom is 0.416 e. The van der Waals surface area contributed by atoms with Gasteiger partial charge in [0.15, 0.2) is 5.76 Å². The van der Waals surface area contributed by atoms with Gasteiger partial charge in [0.1, 0.15) is 0 Å². The van der Waals surface area contributed by atoms with Crippen molar-refractivity contribution in [2.24, 2.45) is 0 Å². The fraction of sp³-hybridized carbons (Fsp3) is 0.0769. The second-order valence-electron chi connectivity index (χ2n) is 3.96. The van der Waals surface area contributed by atoms with Crippen LogP contribution in [0.5, 0.6) is 0 Å². The van der Waals surface area contributed by atoms with Gasteiger partial charge in [-0.25, -0.2) is 0 Å². The van der Waals surface area contributed by atoms with E-state index < -0.39 is 23.6 Å². The maximum absolute atomic E-state index is 12.4. The number of rotatable bonds is 2. The summed E-state index contributed by atoms with van der Waals surface area (Å²) in [5, 5.41) is 0. The number of benzene rings is 1. The first kappa shape index (κ1) is 14.6. The molecule has 0 spiro atoms. The van der Waals surface area contributed by atoms with Crippen LogP contribution in [0.15, 0.2) is 47.1 Å². The molecule has 0 aliphatic rings. The highest BCUT2D eigenvalue weighted by Crippen LogP contribution is 2.28. The number of hydrogen-bond acceptors (Lipinski definition) is 3. The predicted molar refractivity (Wildman–Crippen MR) is 65.1 cm³/mol. The minimum atomic E-state index is -4.47. The first-order valence-corrected chi connectivity index (χ1v) is 5.69. The SMILES string of the molecule is O=C(NNC(=O)c1ccco1)c1ccc(C(F)(F)F)cc1. The van der Waals surface area contributed by atoms with E-state index in [0.29, 0.717) is 0 Å². The first-order chi connectivity index (χ1) is 9.88. The van der Waals surface area contributed by atoms with E-state index in [0.717, 1.165) is 24.3 Å². The highest BCUT2D eigenvalue weighted by Gasteiger charge is 2.30. The molecule has 1 aromatic carbocycles. The van der Waals surface area contributed by atoms with Gasteiger partial charge >= 0.3 is 12.1 Å². The highest BCUT2D eigenvalue weighted by molar-refractivity contribution is 5.97. The number of hydrazine groups is 1. The summed E-state index contributed by atoms with van der Waals surface area (Å²) in [4.78, 5) is 23.1. The molecule has 0 atom stereocenters. The zero-order valence-electron chi connectivity index (χ0n) is 10.4. The normalized spacial score (nSPS) is 11.0. The predicted octanol–water partition coefficient (Wildman–Crippen LogP) is 2.37. The molecular weight excluding hydrogens is 289 g/mol. The van der Waals surface area contributed by atoms with Gasteiger partial charge < -0.3 is 4.42 Å². The number of alkyl halides is 3. The quantitative estimate of drug-likeness (QED) is 0.836. The summed E-state index contributed by atoms with van der Waals surface area (Å²) in [6.45, 7) is 0. The molecule has 8 heteroatoms. The molecule has 5 nitrogen and oxygen atoms in total. The lowest BCUT2D eigenvalue weighted by Crippen LogP contribution is -2.41. The number of nitrogens with one attached hydrogen (secondary N) is 2. The topological polar surface area (TPSA) is 71.3 Å². The number of carbonyl (C=O) groups excluding carboxylic acids is 2. The van der Waals surface area contributed by atoms with E-state index in [4.69, 9.17) is 4.42 Å². The van der Waals surface area contributed by atoms with E-state index in [1.165, 1.54) is 18.4 Å². The zero-order valence-corrected chi connectivity index (χ0v) is 10.4. The number of amides is 2. The fourth-order valence-corrected chi connectivity index (χ4v) is 1.47. The Kier molecular flexibility index (Phi) is 3.97. The van der Waals surface area contributed by atoms with Gasteiger partial charge in [0.05, 0.1) is 11.8 Å². The molecule has 2 amide bonds. The summed E-state index contributed by atoms with van der Waals surface area (Å²) >= 11 is 0. The van der Waals surface area contributed by atoms with E-state index in [9.17, 15) is 22.8 Å². The average molecular weight is 298 g/mol. The van der Waals surface area contributed by atoms with Crippen molar-refractivity contribution in [1.82, 2.24) is 10.9 Å². The van der Waals surface area contributed by atoms with Crippen LogP contribution in [0.4, 0.5) is 13.2 Å². The van der Waals surface area contributed by atoms with E-state index in [1.807, 2.05) is 0 Å². The number of furan rings is 1. The molecule has 0 saturated carbocycles. The summed E-state index contributed by atoms with van der Waals surface area (Å²) in [5.41, 5.74) is 3.25. The number of halogens is 3. The summed E-state index contributed by atoms with van der Waals surface area (Å²) in [6.07, 6.45) is -3.19. The van der Waals surface area contributed by atoms with Crippen molar-refractivity contribution in [2.75, 3.05) is 0 Å².